The number of fused-ring (bicyclic) bond motifs is 1. The molecule has 0 amide bonds. The van der Waals surface area contributed by atoms with Crippen LogP contribution < -0.4 is 25.8 Å². The Bertz CT molecular complexity index is 861. The van der Waals surface area contributed by atoms with Crippen molar-refractivity contribution in [3.8, 4) is 11.5 Å². The van der Waals surface area contributed by atoms with Gasteiger partial charge in [-0.3, -0.25) is 0 Å². The van der Waals surface area contributed by atoms with E-state index in [1.165, 1.54) is 83.5 Å². The molecule has 3 rings (SSSR count). The number of hydrogen-bond acceptors (Lipinski definition) is 7. The number of hydrogen-bond donors (Lipinski definition) is 3. The molecule has 1 aliphatic heterocycles. The number of nitrogens with one attached hydrogen (secondary N) is 2. The molecule has 35 heavy (non-hydrogen) atoms. The van der Waals surface area contributed by atoms with Crippen LogP contribution in [0.4, 0.5) is 17.3 Å². The summed E-state index contributed by atoms with van der Waals surface area (Å²) in [5.74, 6) is 2.89. The van der Waals surface area contributed by atoms with Crippen molar-refractivity contribution in [2.24, 2.45) is 0 Å². The van der Waals surface area contributed by atoms with Gasteiger partial charge in [0.15, 0.2) is 23.1 Å². The molecule has 2 aromatic rings. The highest BCUT2D eigenvalue weighted by atomic mass is 16.7. The van der Waals surface area contributed by atoms with Crippen LogP contribution in [0.2, 0.25) is 0 Å². The molecule has 1 aromatic heterocycles. The van der Waals surface area contributed by atoms with Crippen molar-refractivity contribution in [3.05, 3.63) is 30.1 Å². The first-order valence-electron chi connectivity index (χ1n) is 13.7. The van der Waals surface area contributed by atoms with Crippen LogP contribution in [-0.4, -0.2) is 23.3 Å². The van der Waals surface area contributed by atoms with Gasteiger partial charge >= 0.3 is 0 Å². The molecule has 0 unspecified atom stereocenters. The third-order valence-corrected chi connectivity index (χ3v) is 6.60. The van der Waals surface area contributed by atoms with Gasteiger partial charge in [0.2, 0.25) is 6.79 Å². The molecule has 0 bridgehead atoms. The first kappa shape index (κ1) is 26.9. The lowest BCUT2D eigenvalue weighted by atomic mass is 10.0. The van der Waals surface area contributed by atoms with E-state index in [4.69, 9.17) is 15.2 Å². The van der Waals surface area contributed by atoms with E-state index in [1.807, 2.05) is 18.2 Å². The fourth-order valence-electron chi connectivity index (χ4n) is 4.44. The van der Waals surface area contributed by atoms with Crippen molar-refractivity contribution in [2.75, 3.05) is 29.7 Å². The second-order valence-electron chi connectivity index (χ2n) is 9.55. The second kappa shape index (κ2) is 16.1. The maximum atomic E-state index is 6.30. The maximum absolute atomic E-state index is 6.30. The molecule has 1 aromatic carbocycles. The van der Waals surface area contributed by atoms with Crippen LogP contribution >= 0.6 is 0 Å². The molecule has 1 aliphatic rings. The molecule has 0 saturated heterocycles. The Morgan fingerprint density at radius 3 is 1.97 bits per heavy atom. The molecular formula is C28H45N5O2. The van der Waals surface area contributed by atoms with Gasteiger partial charge in [0.25, 0.3) is 0 Å². The Morgan fingerprint density at radius 2 is 1.31 bits per heavy atom. The molecule has 7 heteroatoms. The highest BCUT2D eigenvalue weighted by Gasteiger charge is 2.13. The van der Waals surface area contributed by atoms with E-state index in [9.17, 15) is 0 Å². The van der Waals surface area contributed by atoms with Crippen molar-refractivity contribution >= 4 is 17.3 Å². The maximum Gasteiger partial charge on any atom is 0.231 e. The van der Waals surface area contributed by atoms with Crippen molar-refractivity contribution < 1.29 is 9.47 Å². The Labute approximate surface area is 211 Å². The van der Waals surface area contributed by atoms with E-state index in [1.54, 1.807) is 6.33 Å². The molecule has 0 radical (unpaired) electrons. The van der Waals surface area contributed by atoms with E-state index >= 15 is 0 Å². The lowest BCUT2D eigenvalue weighted by Gasteiger charge is -2.13. The van der Waals surface area contributed by atoms with Crippen molar-refractivity contribution in [1.29, 1.82) is 0 Å². The van der Waals surface area contributed by atoms with Crippen molar-refractivity contribution in [3.63, 3.8) is 0 Å². The molecule has 194 valence electrons. The summed E-state index contributed by atoms with van der Waals surface area (Å²) in [5.41, 5.74) is 7.93. The van der Waals surface area contributed by atoms with E-state index in [2.05, 4.69) is 27.5 Å². The van der Waals surface area contributed by atoms with Crippen LogP contribution in [0.15, 0.2) is 24.5 Å². The fraction of sp³-hybridized carbons (Fsp3) is 0.643. The van der Waals surface area contributed by atoms with Crippen LogP contribution in [0, 0.1) is 0 Å². The smallest absolute Gasteiger partial charge is 0.231 e. The van der Waals surface area contributed by atoms with Gasteiger partial charge in [-0.25, -0.2) is 9.97 Å². The lowest BCUT2D eigenvalue weighted by Crippen LogP contribution is -2.10. The molecule has 7 nitrogen and oxygen atoms in total. The van der Waals surface area contributed by atoms with Crippen LogP contribution in [0.1, 0.15) is 102 Å². The number of anilines is 3. The van der Waals surface area contributed by atoms with Gasteiger partial charge < -0.3 is 25.8 Å². The molecule has 0 fully saturated rings. The quantitative estimate of drug-likeness (QED) is 0.181. The van der Waals surface area contributed by atoms with Crippen molar-refractivity contribution in [2.45, 2.75) is 103 Å². The molecule has 0 aliphatic carbocycles. The van der Waals surface area contributed by atoms with Gasteiger partial charge in [0.05, 0.1) is 0 Å². The number of nitrogens with two attached hydrogens (primary N) is 1. The Balaban J connectivity index is 1.22. The lowest BCUT2D eigenvalue weighted by molar-refractivity contribution is 0.174. The standard InChI is InChI=1S/C28H45N5O2/c1-2-3-4-5-6-7-8-9-10-11-12-13-14-15-18-30-27-26(29)28(33-21-32-27)31-20-23-16-17-24-25(19-23)35-22-34-24/h16-17,19,21H,2-15,18,20,22,29H2,1H3,(H2,30,31,32,33). The highest BCUT2D eigenvalue weighted by molar-refractivity contribution is 5.74. The van der Waals surface area contributed by atoms with Gasteiger partial charge in [-0.2, -0.15) is 0 Å². The predicted molar refractivity (Wildman–Crippen MR) is 145 cm³/mol. The zero-order chi connectivity index (χ0) is 24.6. The molecule has 2 heterocycles. The van der Waals surface area contributed by atoms with Crippen LogP contribution in [-0.2, 0) is 6.54 Å². The van der Waals surface area contributed by atoms with E-state index in [0.717, 1.165) is 30.0 Å². The average Bonchev–Trinajstić information content (AvgIpc) is 3.34. The summed E-state index contributed by atoms with van der Waals surface area (Å²) in [4.78, 5) is 8.63. The van der Waals surface area contributed by atoms with Crippen LogP contribution in [0.5, 0.6) is 11.5 Å². The monoisotopic (exact) mass is 483 g/mol. The average molecular weight is 484 g/mol. The summed E-state index contributed by atoms with van der Waals surface area (Å²) in [5, 5.41) is 6.68. The number of unbranched alkanes of at least 4 members (excludes halogenated alkanes) is 13. The Hall–Kier alpha value is -2.70. The summed E-state index contributed by atoms with van der Waals surface area (Å²) in [6.45, 7) is 4.03. The zero-order valence-corrected chi connectivity index (χ0v) is 21.6. The molecule has 0 atom stereocenters. The topological polar surface area (TPSA) is 94.3 Å². The van der Waals surface area contributed by atoms with Gasteiger partial charge in [0, 0.05) is 13.1 Å². The number of nitrogen functional groups attached to an aromatic ring is 1. The van der Waals surface area contributed by atoms with Gasteiger partial charge in [-0.15, -0.1) is 0 Å². The van der Waals surface area contributed by atoms with E-state index < -0.39 is 0 Å². The zero-order valence-electron chi connectivity index (χ0n) is 21.6. The van der Waals surface area contributed by atoms with Gasteiger partial charge in [0.1, 0.15) is 12.0 Å². The van der Waals surface area contributed by atoms with Gasteiger partial charge in [-0.1, -0.05) is 96.5 Å². The predicted octanol–water partition coefficient (Wildman–Crippen LogP) is 7.29. The first-order chi connectivity index (χ1) is 17.3. The normalized spacial score (nSPS) is 12.1. The highest BCUT2D eigenvalue weighted by Crippen LogP contribution is 2.33. The summed E-state index contributed by atoms with van der Waals surface area (Å²) in [7, 11) is 0. The summed E-state index contributed by atoms with van der Waals surface area (Å²) in [6.07, 6.45) is 20.6. The largest absolute Gasteiger partial charge is 0.454 e. The van der Waals surface area contributed by atoms with E-state index in [0.29, 0.717) is 23.9 Å². The summed E-state index contributed by atoms with van der Waals surface area (Å²) >= 11 is 0. The fourth-order valence-corrected chi connectivity index (χ4v) is 4.44. The Kier molecular flexibility index (Phi) is 12.3. The van der Waals surface area contributed by atoms with Crippen LogP contribution in [0.25, 0.3) is 0 Å². The van der Waals surface area contributed by atoms with Gasteiger partial charge in [-0.05, 0) is 24.1 Å². The summed E-state index contributed by atoms with van der Waals surface area (Å²) < 4.78 is 10.8. The van der Waals surface area contributed by atoms with E-state index in [-0.39, 0.29) is 6.79 Å². The number of nitrogens with zero attached hydrogens (tertiary/aromatic N) is 2. The number of benzene rings is 1. The van der Waals surface area contributed by atoms with Crippen molar-refractivity contribution in [1.82, 2.24) is 9.97 Å². The van der Waals surface area contributed by atoms with Crippen LogP contribution in [0.3, 0.4) is 0 Å². The molecule has 0 spiro atoms. The minimum absolute atomic E-state index is 0.277. The molecule has 4 N–H and O–H groups in total. The number of ether oxygens (including phenoxy) is 2. The minimum atomic E-state index is 0.277. The number of aromatic nitrogens is 2. The first-order valence-corrected chi connectivity index (χ1v) is 13.7. The number of rotatable bonds is 19. The molecule has 0 saturated carbocycles. The Morgan fingerprint density at radius 1 is 0.743 bits per heavy atom. The molecular weight excluding hydrogens is 438 g/mol. The summed E-state index contributed by atoms with van der Waals surface area (Å²) in [6, 6.07) is 5.90. The SMILES string of the molecule is CCCCCCCCCCCCCCCCNc1ncnc(NCc2ccc3c(c2)OCO3)c1N. The second-order valence-corrected chi connectivity index (χ2v) is 9.55. The third-order valence-electron chi connectivity index (χ3n) is 6.60. The third kappa shape index (κ3) is 9.82. The minimum Gasteiger partial charge on any atom is -0.454 e.